The molecule has 0 aliphatic carbocycles. The van der Waals surface area contributed by atoms with Crippen LogP contribution in [0.5, 0.6) is 5.75 Å². The Kier molecular flexibility index (Phi) is 18.7. The van der Waals surface area contributed by atoms with Gasteiger partial charge in [0.2, 0.25) is 5.91 Å². The van der Waals surface area contributed by atoms with Crippen molar-refractivity contribution in [2.24, 2.45) is 10.8 Å². The number of benzene rings is 3. The molecule has 2 saturated heterocycles. The first-order valence-electron chi connectivity index (χ1n) is 24.2. The minimum absolute atomic E-state index is 0.0101. The maximum absolute atomic E-state index is 13.7. The van der Waals surface area contributed by atoms with Crippen LogP contribution in [0.1, 0.15) is 96.5 Å². The van der Waals surface area contributed by atoms with E-state index in [0.717, 1.165) is 51.6 Å². The lowest BCUT2D eigenvalue weighted by Gasteiger charge is -2.37. The average Bonchev–Trinajstić information content (AvgIpc) is 3.97. The van der Waals surface area contributed by atoms with Crippen molar-refractivity contribution in [1.29, 1.82) is 5.26 Å². The molecule has 4 aromatic rings. The molecule has 0 bridgehead atoms. The molecule has 4 atom stereocenters. The van der Waals surface area contributed by atoms with Gasteiger partial charge in [0.05, 0.1) is 57.7 Å². The van der Waals surface area contributed by atoms with Crippen molar-refractivity contribution < 1.29 is 47.2 Å². The summed E-state index contributed by atoms with van der Waals surface area (Å²) >= 11 is 7.26. The summed E-state index contributed by atoms with van der Waals surface area (Å²) in [6.45, 7) is 18.7. The van der Waals surface area contributed by atoms with Gasteiger partial charge in [-0.3, -0.25) is 24.7 Å². The van der Waals surface area contributed by atoms with Gasteiger partial charge in [-0.1, -0.05) is 58.9 Å². The molecule has 72 heavy (non-hydrogen) atoms. The number of nitrogens with zero attached hydrogens (tertiary/aromatic N) is 5. The molecule has 2 aliphatic heterocycles. The fourth-order valence-electron chi connectivity index (χ4n) is 8.76. The second kappa shape index (κ2) is 23.9. The number of alkyl halides is 3. The number of carbonyl (C=O) groups excluding carboxylic acids is 2. The largest absolute Gasteiger partial charge is 0.494 e. The fraction of sp³-hybridized carbons (Fsp3) is 0.528. The summed E-state index contributed by atoms with van der Waals surface area (Å²) in [7, 11) is 0. The van der Waals surface area contributed by atoms with Gasteiger partial charge in [-0.25, -0.2) is 4.98 Å². The molecule has 0 radical (unpaired) electrons. The van der Waals surface area contributed by atoms with Crippen molar-refractivity contribution >= 4 is 51.9 Å². The van der Waals surface area contributed by atoms with E-state index in [1.807, 2.05) is 24.6 Å². The third-order valence-electron chi connectivity index (χ3n) is 13.3. The molecule has 1 unspecified atom stereocenters. The predicted molar refractivity (Wildman–Crippen MR) is 277 cm³/mol. The van der Waals surface area contributed by atoms with Crippen molar-refractivity contribution in [3.63, 3.8) is 0 Å². The number of ether oxygens (including phenoxy) is 3. The van der Waals surface area contributed by atoms with Crippen LogP contribution in [0.25, 0.3) is 10.4 Å². The minimum atomic E-state index is -4.79. The maximum Gasteiger partial charge on any atom is 0.417 e. The zero-order valence-corrected chi connectivity index (χ0v) is 44.0. The highest BCUT2D eigenvalue weighted by Crippen LogP contribution is 2.40. The van der Waals surface area contributed by atoms with E-state index in [0.29, 0.717) is 70.3 Å². The lowest BCUT2D eigenvalue weighted by molar-refractivity contribution is -0.137. The second-order valence-corrected chi connectivity index (χ2v) is 22.1. The summed E-state index contributed by atoms with van der Waals surface area (Å²) in [4.78, 5) is 36.9. The number of nitrogens with one attached hydrogen (secondary N) is 2. The lowest BCUT2D eigenvalue weighted by atomic mass is 9.86. The highest BCUT2D eigenvalue weighted by Gasteiger charge is 2.51. The Morgan fingerprint density at radius 3 is 2.29 bits per heavy atom. The minimum Gasteiger partial charge on any atom is -0.494 e. The third-order valence-corrected chi connectivity index (χ3v) is 14.6. The zero-order valence-electron chi connectivity index (χ0n) is 42.3. The van der Waals surface area contributed by atoms with Gasteiger partial charge in [0.1, 0.15) is 24.1 Å². The monoisotopic (exact) mass is 1040 g/mol. The summed E-state index contributed by atoms with van der Waals surface area (Å²) in [5.41, 5.74) is 2.14. The number of amides is 2. The number of likely N-dealkylation sites (tertiary alicyclic amines) is 1. The highest BCUT2D eigenvalue weighted by atomic mass is 32.1. The standard InChI is InChI=1S/C53H68F3N7O7S2/c1-34-46(72-33-59-34)36-12-10-35(11-13-36)29-58-47(66)43-27-40(64)30-61(43)31-44(50(2,3)4)60-45(65)32-69-23-9-22-68-24-20-51(5,6)21-25-70-41-18-16-38(17-19-41)63-49(71)62(48(67)52(63,7)8)39-15-14-37(28-57)42(26-39)53(54,55)56/h10-19,26,33,40,43-44,47,58,64,66H,9,20-25,27,29-32H2,1-8H3,(H,60,65)/t40-,43+,44-,47?/m1/s1. The molecule has 0 saturated carbocycles. The number of anilines is 2. The van der Waals surface area contributed by atoms with E-state index < -0.39 is 41.1 Å². The van der Waals surface area contributed by atoms with Crippen molar-refractivity contribution in [2.45, 2.75) is 124 Å². The van der Waals surface area contributed by atoms with Crippen LogP contribution < -0.4 is 25.2 Å². The van der Waals surface area contributed by atoms with E-state index in [1.165, 1.54) is 6.07 Å². The van der Waals surface area contributed by atoms with E-state index in [1.54, 1.807) is 60.4 Å². The number of halogens is 3. The van der Waals surface area contributed by atoms with E-state index in [-0.39, 0.29) is 46.2 Å². The van der Waals surface area contributed by atoms with Crippen molar-refractivity contribution in [1.82, 2.24) is 20.5 Å². The molecule has 6 rings (SSSR count). The molecule has 3 heterocycles. The molecule has 3 aromatic carbocycles. The maximum atomic E-state index is 13.7. The summed E-state index contributed by atoms with van der Waals surface area (Å²) in [5.74, 6) is -0.145. The number of rotatable bonds is 23. The number of aromatic nitrogens is 1. The Bertz CT molecular complexity index is 2530. The van der Waals surface area contributed by atoms with E-state index >= 15 is 0 Å². The third kappa shape index (κ3) is 14.4. The van der Waals surface area contributed by atoms with Gasteiger partial charge in [0.15, 0.2) is 5.11 Å². The molecule has 14 nitrogen and oxygen atoms in total. The predicted octanol–water partition coefficient (Wildman–Crippen LogP) is 8.61. The van der Waals surface area contributed by atoms with E-state index in [9.17, 15) is 38.2 Å². The van der Waals surface area contributed by atoms with Gasteiger partial charge in [-0.15, -0.1) is 11.3 Å². The highest BCUT2D eigenvalue weighted by molar-refractivity contribution is 7.81. The van der Waals surface area contributed by atoms with Gasteiger partial charge in [-0.05, 0) is 123 Å². The molecule has 1 aromatic heterocycles. The Labute approximate surface area is 430 Å². The van der Waals surface area contributed by atoms with Crippen molar-refractivity contribution in [2.75, 3.05) is 55.9 Å². The number of thiocarbonyl (C=S) groups is 1. The summed E-state index contributed by atoms with van der Waals surface area (Å²) < 4.78 is 58.9. The van der Waals surface area contributed by atoms with Crippen LogP contribution in [0, 0.1) is 29.1 Å². The number of thiazole rings is 1. The lowest BCUT2D eigenvalue weighted by Crippen LogP contribution is -2.55. The number of aliphatic hydroxyl groups is 2. The van der Waals surface area contributed by atoms with Crippen LogP contribution in [0.4, 0.5) is 24.5 Å². The van der Waals surface area contributed by atoms with Gasteiger partial charge in [-0.2, -0.15) is 18.4 Å². The SMILES string of the molecule is Cc1ncsc1-c1ccc(CNC(O)[C@@H]2C[C@@H](O)CN2C[C@@H](NC(=O)COCCCOCCC(C)(C)CCOc2ccc(N3C(=S)N(c4ccc(C#N)c(C(F)(F)F)c4)C(=O)C3(C)C)cc2)C(C)(C)C)cc1. The van der Waals surface area contributed by atoms with Crippen molar-refractivity contribution in [3.05, 3.63) is 94.6 Å². The molecule has 2 fully saturated rings. The molecule has 4 N–H and O–H groups in total. The van der Waals surface area contributed by atoms with Crippen LogP contribution in [-0.2, 0) is 31.8 Å². The molecular weight excluding hydrogens is 968 g/mol. The summed E-state index contributed by atoms with van der Waals surface area (Å²) in [6, 6.07) is 19.2. The summed E-state index contributed by atoms with van der Waals surface area (Å²) in [5, 5.41) is 37.5. The van der Waals surface area contributed by atoms with Gasteiger partial charge >= 0.3 is 6.18 Å². The topological polar surface area (TPSA) is 173 Å². The van der Waals surface area contributed by atoms with Gasteiger partial charge in [0, 0.05) is 51.2 Å². The fourth-order valence-corrected chi connectivity index (χ4v) is 10.1. The molecule has 2 amide bonds. The number of aryl methyl sites for hydroxylation is 1. The number of hydrogen-bond acceptors (Lipinski definition) is 13. The van der Waals surface area contributed by atoms with Gasteiger partial charge in [0.25, 0.3) is 5.91 Å². The first-order chi connectivity index (χ1) is 33.9. The van der Waals surface area contributed by atoms with Crippen LogP contribution >= 0.6 is 23.6 Å². The van der Waals surface area contributed by atoms with Crippen LogP contribution in [0.15, 0.2) is 72.2 Å². The normalized spacial score (nSPS) is 18.4. The van der Waals surface area contributed by atoms with Crippen LogP contribution in [0.2, 0.25) is 0 Å². The Balaban J connectivity index is 0.866. The second-order valence-electron chi connectivity index (χ2n) is 20.9. The van der Waals surface area contributed by atoms with Crippen molar-refractivity contribution in [3.8, 4) is 22.3 Å². The zero-order chi connectivity index (χ0) is 52.6. The summed E-state index contributed by atoms with van der Waals surface area (Å²) in [6.07, 6.45) is -3.72. The Morgan fingerprint density at radius 2 is 1.65 bits per heavy atom. The number of aliphatic hydroxyl groups excluding tert-OH is 2. The number of β-amino-alcohol motifs (C(OH)–C–C–N with tert-alkyl or cyclic N) is 1. The van der Waals surface area contributed by atoms with Gasteiger partial charge < -0.3 is 34.6 Å². The Hall–Kier alpha value is -5.04. The smallest absolute Gasteiger partial charge is 0.417 e. The molecule has 2 aliphatic rings. The quantitative estimate of drug-likeness (QED) is 0.0317. The Morgan fingerprint density at radius 1 is 0.986 bits per heavy atom. The molecule has 0 spiro atoms. The van der Waals surface area contributed by atoms with Crippen LogP contribution in [0.3, 0.4) is 0 Å². The molecule has 390 valence electrons. The first kappa shape index (κ1) is 56.3. The molecular formula is C53H68F3N7O7S2. The number of hydrogen-bond donors (Lipinski definition) is 4. The first-order valence-corrected chi connectivity index (χ1v) is 25.5. The molecule has 19 heteroatoms. The van der Waals surface area contributed by atoms with Crippen LogP contribution in [-0.4, -0.2) is 113 Å². The van der Waals surface area contributed by atoms with E-state index in [4.69, 9.17) is 26.4 Å². The van der Waals surface area contributed by atoms with E-state index in [2.05, 4.69) is 67.3 Å². The number of nitriles is 1. The average molecular weight is 1040 g/mol. The number of carbonyl (C=O) groups is 2.